The number of hydrogen-bond acceptors (Lipinski definition) is 6. The van der Waals surface area contributed by atoms with Crippen molar-refractivity contribution in [1.82, 2.24) is 9.88 Å². The van der Waals surface area contributed by atoms with Crippen LogP contribution in [0, 0.1) is 6.92 Å². The topological polar surface area (TPSA) is 121 Å². The van der Waals surface area contributed by atoms with Crippen molar-refractivity contribution in [3.05, 3.63) is 64.3 Å². The van der Waals surface area contributed by atoms with Crippen LogP contribution >= 0.6 is 11.6 Å². The molecule has 0 fully saturated rings. The number of aliphatic hydroxyl groups excluding tert-OH is 2. The molecule has 0 unspecified atom stereocenters. The van der Waals surface area contributed by atoms with Crippen LogP contribution in [-0.2, 0) is 11.2 Å². The quantitative estimate of drug-likeness (QED) is 0.379. The molecule has 0 aliphatic rings. The maximum Gasteiger partial charge on any atom is 0.307 e. The number of aliphatic hydroxyl groups is 2. The lowest BCUT2D eigenvalue weighted by atomic mass is 10.1. The first-order valence-electron chi connectivity index (χ1n) is 9.96. The molecule has 3 aromatic rings. The predicted molar refractivity (Wildman–Crippen MR) is 123 cm³/mol. The number of fused-ring (bicyclic) bond motifs is 1. The molecule has 0 saturated carbocycles. The van der Waals surface area contributed by atoms with Crippen LogP contribution in [-0.4, -0.2) is 65.2 Å². The molecule has 0 aliphatic heterocycles. The third-order valence-corrected chi connectivity index (χ3v) is 4.99. The van der Waals surface area contributed by atoms with Crippen LogP contribution in [0.5, 0.6) is 5.75 Å². The van der Waals surface area contributed by atoms with Gasteiger partial charge >= 0.3 is 5.97 Å². The molecule has 4 N–H and O–H groups in total. The van der Waals surface area contributed by atoms with Gasteiger partial charge < -0.3 is 25.4 Å². The highest BCUT2D eigenvalue weighted by Crippen LogP contribution is 2.30. The maximum absolute atomic E-state index is 13.0. The van der Waals surface area contributed by atoms with Crippen molar-refractivity contribution in [2.45, 2.75) is 13.3 Å². The van der Waals surface area contributed by atoms with Crippen LogP contribution in [0.1, 0.15) is 21.6 Å². The van der Waals surface area contributed by atoms with E-state index in [4.69, 9.17) is 26.6 Å². The summed E-state index contributed by atoms with van der Waals surface area (Å²) in [5, 5.41) is 29.6. The van der Waals surface area contributed by atoms with Crippen molar-refractivity contribution >= 4 is 34.4 Å². The summed E-state index contributed by atoms with van der Waals surface area (Å²) in [7, 11) is 1.54. The van der Waals surface area contributed by atoms with E-state index in [1.165, 1.54) is 4.57 Å². The average Bonchev–Trinajstić information content (AvgIpc) is 3.05. The molecular weight excluding hydrogens is 436 g/mol. The third-order valence-electron chi connectivity index (χ3n) is 4.74. The van der Waals surface area contributed by atoms with Crippen LogP contribution in [0.15, 0.2) is 42.5 Å². The minimum atomic E-state index is -0.955. The Morgan fingerprint density at radius 1 is 1.06 bits per heavy atom. The molecule has 9 heteroatoms. The number of ether oxygens (including phenoxy) is 1. The predicted octanol–water partition coefficient (Wildman–Crippen LogP) is 2.49. The van der Waals surface area contributed by atoms with E-state index in [0.29, 0.717) is 51.6 Å². The van der Waals surface area contributed by atoms with Gasteiger partial charge in [0.15, 0.2) is 0 Å². The van der Waals surface area contributed by atoms with E-state index >= 15 is 0 Å². The lowest BCUT2D eigenvalue weighted by Crippen LogP contribution is -2.21. The number of carboxylic acids is 1. The number of methoxy groups -OCH3 is 1. The molecule has 2 aromatic carbocycles. The zero-order chi connectivity index (χ0) is 23.7. The Bertz CT molecular complexity index is 1060. The largest absolute Gasteiger partial charge is 0.497 e. The van der Waals surface area contributed by atoms with Gasteiger partial charge in [0.25, 0.3) is 5.91 Å². The number of benzene rings is 2. The van der Waals surface area contributed by atoms with E-state index in [0.717, 1.165) is 0 Å². The minimum absolute atomic E-state index is 0.139. The molecule has 0 saturated heterocycles. The van der Waals surface area contributed by atoms with E-state index in [9.17, 15) is 14.7 Å². The van der Waals surface area contributed by atoms with Crippen molar-refractivity contribution in [2.75, 3.05) is 33.4 Å². The molecule has 0 atom stereocenters. The Balaban J connectivity index is 0.000000451. The first kappa shape index (κ1) is 25.4. The van der Waals surface area contributed by atoms with Gasteiger partial charge in [0.1, 0.15) is 5.75 Å². The fourth-order valence-corrected chi connectivity index (χ4v) is 3.36. The third kappa shape index (κ3) is 6.30. The molecular formula is C23H27ClN2O6. The van der Waals surface area contributed by atoms with Crippen molar-refractivity contribution in [3.63, 3.8) is 0 Å². The second kappa shape index (κ2) is 12.2. The zero-order valence-electron chi connectivity index (χ0n) is 18.0. The zero-order valence-corrected chi connectivity index (χ0v) is 18.7. The number of halogens is 1. The van der Waals surface area contributed by atoms with Crippen molar-refractivity contribution in [3.8, 4) is 5.75 Å². The normalized spacial score (nSPS) is 10.5. The van der Waals surface area contributed by atoms with E-state index in [1.807, 2.05) is 0 Å². The van der Waals surface area contributed by atoms with Crippen LogP contribution in [0.3, 0.4) is 0 Å². The lowest BCUT2D eigenvalue weighted by molar-refractivity contribution is -0.136. The molecule has 8 nitrogen and oxygen atoms in total. The summed E-state index contributed by atoms with van der Waals surface area (Å²) < 4.78 is 6.77. The summed E-state index contributed by atoms with van der Waals surface area (Å²) in [5.74, 6) is -0.583. The molecule has 172 valence electrons. The lowest BCUT2D eigenvalue weighted by Gasteiger charge is -2.08. The molecule has 1 aromatic heterocycles. The van der Waals surface area contributed by atoms with E-state index in [-0.39, 0.29) is 25.5 Å². The van der Waals surface area contributed by atoms with Crippen molar-refractivity contribution in [2.24, 2.45) is 0 Å². The monoisotopic (exact) mass is 462 g/mol. The van der Waals surface area contributed by atoms with Crippen LogP contribution in [0.25, 0.3) is 10.9 Å². The van der Waals surface area contributed by atoms with Gasteiger partial charge in [0.05, 0.1) is 32.3 Å². The summed E-state index contributed by atoms with van der Waals surface area (Å²) in [6.07, 6.45) is -0.170. The molecule has 32 heavy (non-hydrogen) atoms. The van der Waals surface area contributed by atoms with Crippen molar-refractivity contribution in [1.29, 1.82) is 0 Å². The van der Waals surface area contributed by atoms with E-state index in [1.54, 1.807) is 56.5 Å². The fraction of sp³-hybridized carbons (Fsp3) is 0.304. The van der Waals surface area contributed by atoms with Gasteiger partial charge in [-0.3, -0.25) is 14.2 Å². The van der Waals surface area contributed by atoms with Gasteiger partial charge in [-0.25, -0.2) is 0 Å². The summed E-state index contributed by atoms with van der Waals surface area (Å²) in [6, 6.07) is 11.9. The molecule has 0 radical (unpaired) electrons. The number of aromatic nitrogens is 1. The SMILES string of the molecule is COc1ccc2c(c1)c(CC(=O)O)c(C)n2C(=O)c1ccc(Cl)cc1.OCCNCCO. The van der Waals surface area contributed by atoms with Gasteiger partial charge in [-0.2, -0.15) is 0 Å². The van der Waals surface area contributed by atoms with Gasteiger partial charge in [-0.15, -0.1) is 0 Å². The smallest absolute Gasteiger partial charge is 0.307 e. The number of aliphatic carboxylic acids is 1. The molecule has 0 aliphatic carbocycles. The second-order valence-electron chi connectivity index (χ2n) is 6.86. The van der Waals surface area contributed by atoms with Crippen LogP contribution < -0.4 is 10.1 Å². The Kier molecular flexibility index (Phi) is 9.67. The van der Waals surface area contributed by atoms with Gasteiger partial charge in [-0.05, 0) is 55.0 Å². The summed E-state index contributed by atoms with van der Waals surface area (Å²) in [5.41, 5.74) is 2.32. The first-order chi connectivity index (χ1) is 15.3. The van der Waals surface area contributed by atoms with Crippen molar-refractivity contribution < 1.29 is 29.6 Å². The number of nitrogens with one attached hydrogen (secondary N) is 1. The standard InChI is InChI=1S/C19H16ClNO4.C4H11NO2/c1-11-15(10-18(22)23)16-9-14(25-2)7-8-17(16)21(11)19(24)12-3-5-13(20)6-4-12;6-3-1-5-2-4-7/h3-9H,10H2,1-2H3,(H,22,23);5-7H,1-4H2. The number of rotatable bonds is 8. The number of hydrogen-bond donors (Lipinski definition) is 4. The first-order valence-corrected chi connectivity index (χ1v) is 10.3. The van der Waals surface area contributed by atoms with Gasteiger partial charge in [0, 0.05) is 34.8 Å². The highest BCUT2D eigenvalue weighted by atomic mass is 35.5. The summed E-state index contributed by atoms with van der Waals surface area (Å²) in [4.78, 5) is 24.3. The molecule has 3 rings (SSSR count). The molecule has 0 bridgehead atoms. The summed E-state index contributed by atoms with van der Waals surface area (Å²) >= 11 is 5.89. The van der Waals surface area contributed by atoms with E-state index < -0.39 is 5.97 Å². The van der Waals surface area contributed by atoms with Gasteiger partial charge in [0.2, 0.25) is 0 Å². The van der Waals surface area contributed by atoms with E-state index in [2.05, 4.69) is 5.32 Å². The average molecular weight is 463 g/mol. The summed E-state index contributed by atoms with van der Waals surface area (Å²) in [6.45, 7) is 3.17. The minimum Gasteiger partial charge on any atom is -0.497 e. The Hall–Kier alpha value is -2.91. The number of nitrogens with zero attached hydrogens (tertiary/aromatic N) is 1. The Morgan fingerprint density at radius 3 is 2.22 bits per heavy atom. The maximum atomic E-state index is 13.0. The Labute approximate surface area is 191 Å². The Morgan fingerprint density at radius 2 is 1.69 bits per heavy atom. The second-order valence-corrected chi connectivity index (χ2v) is 7.30. The molecule has 1 heterocycles. The molecule has 0 spiro atoms. The highest BCUT2D eigenvalue weighted by molar-refractivity contribution is 6.30. The highest BCUT2D eigenvalue weighted by Gasteiger charge is 2.21. The van der Waals surface area contributed by atoms with Crippen LogP contribution in [0.4, 0.5) is 0 Å². The fourth-order valence-electron chi connectivity index (χ4n) is 3.23. The number of carboxylic acid groups (broad SMARTS) is 1. The van der Waals surface area contributed by atoms with Gasteiger partial charge in [-0.1, -0.05) is 11.6 Å². The van der Waals surface area contributed by atoms with Crippen LogP contribution in [0.2, 0.25) is 5.02 Å². The number of carbonyl (C=O) groups is 2. The number of carbonyl (C=O) groups excluding carboxylic acids is 1. The molecule has 0 amide bonds.